The van der Waals surface area contributed by atoms with Gasteiger partial charge < -0.3 is 34.9 Å². The van der Waals surface area contributed by atoms with E-state index >= 15 is 0 Å². The fraction of sp³-hybridized carbons (Fsp3) is 0.417. The van der Waals surface area contributed by atoms with E-state index in [9.17, 15) is 33.2 Å². The molecule has 70 heavy (non-hydrogen) atoms. The number of piperidine rings is 1. The van der Waals surface area contributed by atoms with Gasteiger partial charge in [-0.3, -0.25) is 43.9 Å². The van der Waals surface area contributed by atoms with Crippen LogP contribution in [-0.4, -0.2) is 143 Å². The summed E-state index contributed by atoms with van der Waals surface area (Å²) >= 11 is 13.8. The molecule has 0 radical (unpaired) electrons. The second-order valence-corrected chi connectivity index (χ2v) is 18.8. The molecule has 3 aromatic carbocycles. The minimum atomic E-state index is -1.01. The Kier molecular flexibility index (Phi) is 17.8. The second-order valence-electron chi connectivity index (χ2n) is 16.8. The summed E-state index contributed by atoms with van der Waals surface area (Å²) in [7, 11) is 0. The molecule has 372 valence electrons. The number of rotatable bonds is 21. The standard InChI is InChI=1S/C48H53Cl2FN8O10S/c1-27-25-57(46(63)30-8-10-31(11-9-30)53-44(61)35-24-37(43(52)56-55-35)69-29(3)40-33(49)12-13-34(51)42(40)50)26-28(2)58(27)16-5-17-66-18-19-67-20-21-68-22-23-70-38-7-4-6-32-41(38)48(65)59(47(32)64)36-14-15-39(60)54-45(36)62/h4,6-13,24,27-29,36H,5,14-23,25-26H2,1-3H3,(H2,52,56)(H,53,61)(H,54,60,62)/t27-,28+,29-,36?/m1/s1. The van der Waals surface area contributed by atoms with E-state index in [1.54, 1.807) is 49.4 Å². The van der Waals surface area contributed by atoms with Gasteiger partial charge >= 0.3 is 0 Å². The van der Waals surface area contributed by atoms with Crippen LogP contribution < -0.4 is 21.1 Å². The Bertz CT molecular complexity index is 2600. The molecule has 6 amide bonds. The first kappa shape index (κ1) is 52.1. The molecule has 22 heteroatoms. The molecule has 0 bridgehead atoms. The summed E-state index contributed by atoms with van der Waals surface area (Å²) in [4.78, 5) is 82.9. The van der Waals surface area contributed by atoms with Crippen molar-refractivity contribution in [1.82, 2.24) is 30.2 Å². The molecule has 4 heterocycles. The average molecular weight is 1020 g/mol. The zero-order valence-electron chi connectivity index (χ0n) is 38.7. The number of fused-ring (bicyclic) bond motifs is 1. The molecule has 18 nitrogen and oxygen atoms in total. The lowest BCUT2D eigenvalue weighted by molar-refractivity contribution is -0.136. The number of ether oxygens (including phenoxy) is 4. The van der Waals surface area contributed by atoms with E-state index in [1.165, 1.54) is 23.9 Å². The fourth-order valence-corrected chi connectivity index (χ4v) is 10.1. The topological polar surface area (TPSA) is 225 Å². The number of piperazine rings is 1. The van der Waals surface area contributed by atoms with Gasteiger partial charge in [-0.05, 0) is 82.1 Å². The lowest BCUT2D eigenvalue weighted by Gasteiger charge is -2.44. The lowest BCUT2D eigenvalue weighted by Crippen LogP contribution is -2.58. The summed E-state index contributed by atoms with van der Waals surface area (Å²) in [5, 5.41) is 12.7. The number of nitrogens with two attached hydrogens (primary N) is 1. The quantitative estimate of drug-likeness (QED) is 0.0373. The number of nitrogens with zero attached hydrogens (tertiary/aromatic N) is 5. The third-order valence-corrected chi connectivity index (χ3v) is 13.7. The van der Waals surface area contributed by atoms with Crippen molar-refractivity contribution in [2.24, 2.45) is 0 Å². The van der Waals surface area contributed by atoms with Crippen LogP contribution in [0.15, 0.2) is 65.6 Å². The highest BCUT2D eigenvalue weighted by Gasteiger charge is 2.45. The summed E-state index contributed by atoms with van der Waals surface area (Å²) in [5.41, 5.74) is 7.48. The Hall–Kier alpha value is -5.74. The third kappa shape index (κ3) is 12.4. The monoisotopic (exact) mass is 1020 g/mol. The third-order valence-electron chi connectivity index (χ3n) is 12.0. The molecule has 4 atom stereocenters. The molecule has 1 aromatic heterocycles. The van der Waals surface area contributed by atoms with Gasteiger partial charge in [-0.2, -0.15) is 0 Å². The number of carbonyl (C=O) groups is 6. The normalized spacial score (nSPS) is 18.7. The van der Waals surface area contributed by atoms with Crippen LogP contribution in [0.5, 0.6) is 5.75 Å². The molecule has 0 aliphatic carbocycles. The molecule has 2 fully saturated rings. The van der Waals surface area contributed by atoms with E-state index in [4.69, 9.17) is 47.9 Å². The van der Waals surface area contributed by atoms with E-state index in [1.807, 2.05) is 4.90 Å². The number of hydrogen-bond acceptors (Lipinski definition) is 15. The lowest BCUT2D eigenvalue weighted by atomic mass is 10.0. The molecule has 4 aromatic rings. The highest BCUT2D eigenvalue weighted by Crippen LogP contribution is 2.37. The van der Waals surface area contributed by atoms with Crippen molar-refractivity contribution in [2.75, 3.05) is 76.1 Å². The predicted molar refractivity (Wildman–Crippen MR) is 259 cm³/mol. The van der Waals surface area contributed by atoms with Gasteiger partial charge in [-0.15, -0.1) is 22.0 Å². The Morgan fingerprint density at radius 2 is 1.60 bits per heavy atom. The van der Waals surface area contributed by atoms with Gasteiger partial charge in [0.05, 0.1) is 49.2 Å². The van der Waals surface area contributed by atoms with Gasteiger partial charge in [0.2, 0.25) is 11.8 Å². The van der Waals surface area contributed by atoms with Gasteiger partial charge in [0.1, 0.15) is 18.0 Å². The summed E-state index contributed by atoms with van der Waals surface area (Å²) < 4.78 is 37.2. The number of anilines is 2. The zero-order valence-corrected chi connectivity index (χ0v) is 41.0. The van der Waals surface area contributed by atoms with Crippen molar-refractivity contribution in [3.8, 4) is 5.75 Å². The van der Waals surface area contributed by atoms with Crippen LogP contribution in [0.25, 0.3) is 0 Å². The Morgan fingerprint density at radius 3 is 2.30 bits per heavy atom. The van der Waals surface area contributed by atoms with Crippen LogP contribution in [0.2, 0.25) is 10.0 Å². The number of carbonyl (C=O) groups excluding carboxylic acids is 6. The van der Waals surface area contributed by atoms with E-state index < -0.39 is 47.5 Å². The molecule has 2 saturated heterocycles. The van der Waals surface area contributed by atoms with Gasteiger partial charge in [-0.25, -0.2) is 4.39 Å². The molecule has 0 spiro atoms. The Labute approximate surface area is 418 Å². The van der Waals surface area contributed by atoms with Crippen LogP contribution in [0.4, 0.5) is 15.9 Å². The highest BCUT2D eigenvalue weighted by molar-refractivity contribution is 7.99. The number of nitrogen functional groups attached to an aromatic ring is 1. The van der Waals surface area contributed by atoms with Crippen molar-refractivity contribution >= 4 is 81.9 Å². The fourth-order valence-electron chi connectivity index (χ4n) is 8.50. The van der Waals surface area contributed by atoms with Crippen molar-refractivity contribution in [2.45, 2.75) is 69.2 Å². The summed E-state index contributed by atoms with van der Waals surface area (Å²) in [6, 6.07) is 14.6. The minimum absolute atomic E-state index is 0.0227. The molecular weight excluding hydrogens is 971 g/mol. The number of halogens is 3. The van der Waals surface area contributed by atoms with E-state index in [0.717, 1.165) is 23.9 Å². The predicted octanol–water partition coefficient (Wildman–Crippen LogP) is 6.07. The van der Waals surface area contributed by atoms with Crippen molar-refractivity contribution in [1.29, 1.82) is 0 Å². The van der Waals surface area contributed by atoms with E-state index in [0.29, 0.717) is 74.6 Å². The second kappa shape index (κ2) is 23.9. The molecule has 1 unspecified atom stereocenters. The molecule has 3 aliphatic rings. The van der Waals surface area contributed by atoms with Crippen LogP contribution in [0.3, 0.4) is 0 Å². The van der Waals surface area contributed by atoms with Crippen molar-refractivity contribution in [3.05, 3.63) is 104 Å². The maximum absolute atomic E-state index is 14.1. The van der Waals surface area contributed by atoms with Crippen LogP contribution in [-0.2, 0) is 23.8 Å². The largest absolute Gasteiger partial charge is 0.482 e. The Morgan fingerprint density at radius 1 is 0.914 bits per heavy atom. The van der Waals surface area contributed by atoms with Crippen LogP contribution >= 0.6 is 35.0 Å². The van der Waals surface area contributed by atoms with Crippen LogP contribution in [0.1, 0.15) is 93.3 Å². The number of aromatic nitrogens is 2. The first-order valence-electron chi connectivity index (χ1n) is 22.7. The smallest absolute Gasteiger partial charge is 0.276 e. The summed E-state index contributed by atoms with van der Waals surface area (Å²) in [6.45, 7) is 10.2. The Balaban J connectivity index is 0.750. The zero-order chi connectivity index (χ0) is 50.1. The van der Waals surface area contributed by atoms with Crippen molar-refractivity contribution in [3.63, 3.8) is 0 Å². The number of nitrogens with one attached hydrogen (secondary N) is 2. The van der Waals surface area contributed by atoms with Gasteiger partial charge in [0.25, 0.3) is 23.6 Å². The first-order chi connectivity index (χ1) is 33.6. The van der Waals surface area contributed by atoms with E-state index in [2.05, 4.69) is 39.6 Å². The van der Waals surface area contributed by atoms with Gasteiger partial charge in [-0.1, -0.05) is 29.3 Å². The maximum Gasteiger partial charge on any atom is 0.276 e. The first-order valence-corrected chi connectivity index (χ1v) is 24.5. The molecule has 4 N–H and O–H groups in total. The average Bonchev–Trinajstić information content (AvgIpc) is 3.59. The summed E-state index contributed by atoms with van der Waals surface area (Å²) in [6.07, 6.45) is 0.124. The van der Waals surface area contributed by atoms with Crippen molar-refractivity contribution < 1.29 is 52.1 Å². The summed E-state index contributed by atoms with van der Waals surface area (Å²) in [5.74, 6) is -3.07. The molecular formula is C48H53Cl2FN8O10S. The minimum Gasteiger partial charge on any atom is -0.482 e. The van der Waals surface area contributed by atoms with Crippen LogP contribution in [0, 0.1) is 5.82 Å². The SMILES string of the molecule is C[C@@H]1CN(C(=O)c2ccc(NC(=O)c3cc(O[C@H](C)c4c(Cl)ccc(F)c4Cl)c(N)nn3)cc2)C[C@H](C)N1CCCOCCOCCOCCSc1cccc2c1C(=O)N(C1CCC(=O)NC1=O)C2=O. The number of benzene rings is 3. The maximum atomic E-state index is 14.1. The van der Waals surface area contributed by atoms with Gasteiger partial charge in [0.15, 0.2) is 17.3 Å². The number of hydrogen-bond donors (Lipinski definition) is 3. The van der Waals surface area contributed by atoms with E-state index in [-0.39, 0.29) is 74.8 Å². The number of imide groups is 2. The highest BCUT2D eigenvalue weighted by atomic mass is 35.5. The number of amides is 6. The molecule has 7 rings (SSSR count). The molecule has 0 saturated carbocycles. The van der Waals surface area contributed by atoms with Gasteiger partial charge in [0, 0.05) is 83.3 Å². The number of thioether (sulfide) groups is 1. The molecule has 3 aliphatic heterocycles.